The molecule has 0 saturated carbocycles. The molecule has 4 rings (SSSR count). The zero-order valence-electron chi connectivity index (χ0n) is 17.8. The van der Waals surface area contributed by atoms with Gasteiger partial charge in [-0.05, 0) is 48.1 Å². The van der Waals surface area contributed by atoms with Crippen LogP contribution in [0.5, 0.6) is 5.75 Å². The van der Waals surface area contributed by atoms with Crippen molar-refractivity contribution in [3.63, 3.8) is 0 Å². The number of nitrogens with zero attached hydrogens (tertiary/aromatic N) is 2. The molecule has 6 heteroatoms. The maximum atomic E-state index is 13.4. The molecule has 0 fully saturated rings. The highest BCUT2D eigenvalue weighted by Gasteiger charge is 2.22. The number of thiazole rings is 1. The van der Waals surface area contributed by atoms with E-state index in [9.17, 15) is 4.79 Å². The molecule has 0 N–H and O–H groups in total. The summed E-state index contributed by atoms with van der Waals surface area (Å²) in [4.78, 5) is 21.2. The second-order valence-corrected chi connectivity index (χ2v) is 9.11. The molecule has 4 nitrogen and oxygen atoms in total. The number of anilines is 1. The first-order valence-corrected chi connectivity index (χ1v) is 12.0. The van der Waals surface area contributed by atoms with E-state index in [-0.39, 0.29) is 5.91 Å². The molecule has 0 radical (unpaired) electrons. The number of hydrogen-bond acceptors (Lipinski definition) is 5. The van der Waals surface area contributed by atoms with Crippen LogP contribution in [0.3, 0.4) is 0 Å². The number of fused-ring (bicyclic) bond motifs is 1. The Kier molecular flexibility index (Phi) is 6.59. The first-order valence-electron chi connectivity index (χ1n) is 10.0. The van der Waals surface area contributed by atoms with E-state index < -0.39 is 0 Å². The van der Waals surface area contributed by atoms with Gasteiger partial charge in [0.2, 0.25) is 5.91 Å². The van der Waals surface area contributed by atoms with Crippen LogP contribution < -0.4 is 9.64 Å². The molecule has 3 aromatic carbocycles. The van der Waals surface area contributed by atoms with Crippen LogP contribution in [-0.4, -0.2) is 24.3 Å². The number of carbonyl (C=O) groups excluding carboxylic acids is 1. The van der Waals surface area contributed by atoms with Gasteiger partial charge in [-0.25, -0.2) is 4.98 Å². The van der Waals surface area contributed by atoms with Gasteiger partial charge >= 0.3 is 0 Å². The van der Waals surface area contributed by atoms with E-state index in [1.807, 2.05) is 60.9 Å². The molecule has 4 aromatic rings. The first-order chi connectivity index (χ1) is 15.1. The quantitative estimate of drug-likeness (QED) is 0.320. The topological polar surface area (TPSA) is 42.4 Å². The maximum Gasteiger partial charge on any atom is 0.233 e. The molecule has 0 unspecified atom stereocenters. The Morgan fingerprint density at radius 2 is 1.77 bits per heavy atom. The molecule has 0 saturated heterocycles. The molecule has 0 aliphatic carbocycles. The third-order valence-electron chi connectivity index (χ3n) is 5.14. The van der Waals surface area contributed by atoms with Crippen LogP contribution in [-0.2, 0) is 17.8 Å². The average molecular weight is 449 g/mol. The SMILES string of the molecule is COc1ccc(C)c2sc(N(Cc3ccccc3)C(=O)Cc3ccc(SC)cc3)nc12. The number of ether oxygens (including phenoxy) is 1. The largest absolute Gasteiger partial charge is 0.494 e. The van der Waals surface area contributed by atoms with Crippen LogP contribution in [0.1, 0.15) is 16.7 Å². The maximum absolute atomic E-state index is 13.4. The molecule has 0 aliphatic heterocycles. The highest BCUT2D eigenvalue weighted by atomic mass is 32.2. The molecular formula is C25H24N2O2S2. The van der Waals surface area contributed by atoms with Crippen LogP contribution in [0, 0.1) is 6.92 Å². The van der Waals surface area contributed by atoms with Crippen LogP contribution in [0.15, 0.2) is 71.6 Å². The number of methoxy groups -OCH3 is 1. The van der Waals surface area contributed by atoms with Gasteiger partial charge in [0.15, 0.2) is 5.13 Å². The summed E-state index contributed by atoms with van der Waals surface area (Å²) in [6.45, 7) is 2.53. The summed E-state index contributed by atoms with van der Waals surface area (Å²) in [5.41, 5.74) is 3.99. The summed E-state index contributed by atoms with van der Waals surface area (Å²) in [7, 11) is 1.65. The molecule has 0 aliphatic rings. The summed E-state index contributed by atoms with van der Waals surface area (Å²) in [6.07, 6.45) is 2.37. The molecule has 1 heterocycles. The molecule has 1 aromatic heterocycles. The van der Waals surface area contributed by atoms with Crippen LogP contribution in [0.4, 0.5) is 5.13 Å². The van der Waals surface area contributed by atoms with Gasteiger partial charge in [-0.2, -0.15) is 0 Å². The Labute approximate surface area is 190 Å². The first kappa shape index (κ1) is 21.4. The van der Waals surface area contributed by atoms with Crippen LogP contribution >= 0.6 is 23.1 Å². The van der Waals surface area contributed by atoms with E-state index in [1.165, 1.54) is 16.2 Å². The lowest BCUT2D eigenvalue weighted by Crippen LogP contribution is -2.31. The average Bonchev–Trinajstić information content (AvgIpc) is 3.25. The van der Waals surface area contributed by atoms with Gasteiger partial charge in [0.1, 0.15) is 11.3 Å². The highest BCUT2D eigenvalue weighted by molar-refractivity contribution is 7.98. The molecule has 0 bridgehead atoms. The summed E-state index contributed by atoms with van der Waals surface area (Å²) < 4.78 is 6.56. The van der Waals surface area contributed by atoms with Crippen LogP contribution in [0.2, 0.25) is 0 Å². The minimum Gasteiger partial charge on any atom is -0.494 e. The summed E-state index contributed by atoms with van der Waals surface area (Å²) in [5, 5.41) is 0.692. The molecular weight excluding hydrogens is 424 g/mol. The summed E-state index contributed by atoms with van der Waals surface area (Å²) in [5.74, 6) is 0.749. The lowest BCUT2D eigenvalue weighted by molar-refractivity contribution is -0.118. The van der Waals surface area contributed by atoms with Gasteiger partial charge < -0.3 is 4.74 Å². The molecule has 31 heavy (non-hydrogen) atoms. The molecule has 0 spiro atoms. The Morgan fingerprint density at radius 3 is 2.45 bits per heavy atom. The van der Waals surface area contributed by atoms with Gasteiger partial charge in [0.25, 0.3) is 0 Å². The lowest BCUT2D eigenvalue weighted by atomic mass is 10.1. The zero-order chi connectivity index (χ0) is 21.8. The Bertz CT molecular complexity index is 1190. The van der Waals surface area contributed by atoms with E-state index in [2.05, 4.69) is 19.1 Å². The number of aromatic nitrogens is 1. The van der Waals surface area contributed by atoms with Gasteiger partial charge in [0.05, 0.1) is 24.8 Å². The van der Waals surface area contributed by atoms with Crippen molar-refractivity contribution >= 4 is 44.4 Å². The van der Waals surface area contributed by atoms with Crippen molar-refractivity contribution in [3.05, 3.63) is 83.4 Å². The number of hydrogen-bond donors (Lipinski definition) is 0. The van der Waals surface area contributed by atoms with Gasteiger partial charge in [-0.3, -0.25) is 9.69 Å². The second-order valence-electron chi connectivity index (χ2n) is 7.25. The van der Waals surface area contributed by atoms with Crippen molar-refractivity contribution in [2.45, 2.75) is 24.8 Å². The third-order valence-corrected chi connectivity index (χ3v) is 7.10. The number of carbonyl (C=O) groups is 1. The minimum atomic E-state index is 0.0245. The van der Waals surface area contributed by atoms with Crippen molar-refractivity contribution in [2.75, 3.05) is 18.3 Å². The predicted octanol–water partition coefficient (Wildman–Crippen LogP) is 6.11. The van der Waals surface area contributed by atoms with Crippen molar-refractivity contribution in [3.8, 4) is 5.75 Å². The Morgan fingerprint density at radius 1 is 1.03 bits per heavy atom. The van der Waals surface area contributed by atoms with E-state index in [4.69, 9.17) is 9.72 Å². The number of aryl methyl sites for hydroxylation is 1. The number of thioether (sulfide) groups is 1. The monoisotopic (exact) mass is 448 g/mol. The van der Waals surface area contributed by atoms with E-state index in [0.717, 1.165) is 32.7 Å². The standard InChI is InChI=1S/C25H24N2O2S2/c1-17-9-14-21(29-2)23-24(17)31-25(26-23)27(16-19-7-5-4-6-8-19)22(28)15-18-10-12-20(30-3)13-11-18/h4-14H,15-16H2,1-3H3. The fourth-order valence-electron chi connectivity index (χ4n) is 3.42. The minimum absolute atomic E-state index is 0.0245. The molecule has 1 amide bonds. The normalized spacial score (nSPS) is 10.9. The fourth-order valence-corrected chi connectivity index (χ4v) is 4.90. The van der Waals surface area contributed by atoms with E-state index >= 15 is 0 Å². The smallest absolute Gasteiger partial charge is 0.233 e. The van der Waals surface area contributed by atoms with Crippen LogP contribution in [0.25, 0.3) is 10.2 Å². The fraction of sp³-hybridized carbons (Fsp3) is 0.200. The van der Waals surface area contributed by atoms with Gasteiger partial charge in [-0.15, -0.1) is 11.8 Å². The predicted molar refractivity (Wildman–Crippen MR) is 130 cm³/mol. The van der Waals surface area contributed by atoms with Gasteiger partial charge in [0, 0.05) is 4.90 Å². The van der Waals surface area contributed by atoms with Crippen molar-refractivity contribution in [2.24, 2.45) is 0 Å². The molecule has 0 atom stereocenters. The second kappa shape index (κ2) is 9.54. The lowest BCUT2D eigenvalue weighted by Gasteiger charge is -2.20. The molecule has 158 valence electrons. The summed E-state index contributed by atoms with van der Waals surface area (Å²) >= 11 is 3.23. The zero-order valence-corrected chi connectivity index (χ0v) is 19.4. The Hall–Kier alpha value is -2.83. The highest BCUT2D eigenvalue weighted by Crippen LogP contribution is 2.37. The van der Waals surface area contributed by atoms with E-state index in [1.54, 1.807) is 23.8 Å². The number of amides is 1. The number of rotatable bonds is 7. The summed E-state index contributed by atoms with van der Waals surface area (Å²) in [6, 6.07) is 22.1. The van der Waals surface area contributed by atoms with Gasteiger partial charge in [-0.1, -0.05) is 59.9 Å². The third kappa shape index (κ3) is 4.75. The van der Waals surface area contributed by atoms with Crippen molar-refractivity contribution in [1.29, 1.82) is 0 Å². The Balaban J connectivity index is 1.71. The number of benzene rings is 3. The van der Waals surface area contributed by atoms with Crippen molar-refractivity contribution in [1.82, 2.24) is 4.98 Å². The van der Waals surface area contributed by atoms with Crippen molar-refractivity contribution < 1.29 is 9.53 Å². The van der Waals surface area contributed by atoms with E-state index in [0.29, 0.717) is 18.1 Å².